The van der Waals surface area contributed by atoms with E-state index in [0.29, 0.717) is 44.8 Å². The fourth-order valence-corrected chi connectivity index (χ4v) is 2.86. The van der Waals surface area contributed by atoms with Crippen molar-refractivity contribution in [2.24, 2.45) is 0 Å². The second-order valence-electron chi connectivity index (χ2n) is 5.63. The molecule has 0 saturated carbocycles. The first kappa shape index (κ1) is 15.9. The van der Waals surface area contributed by atoms with Gasteiger partial charge in [0.05, 0.1) is 36.8 Å². The molecule has 4 aromatic rings. The molecule has 2 aromatic heterocycles. The van der Waals surface area contributed by atoms with E-state index in [1.54, 1.807) is 30.3 Å². The molecule has 0 fully saturated rings. The maximum Gasteiger partial charge on any atom is 0.266 e. The number of fused-ring (bicyclic) bond motifs is 2. The van der Waals surface area contributed by atoms with Crippen LogP contribution in [0.5, 0.6) is 11.5 Å². The van der Waals surface area contributed by atoms with E-state index in [0.717, 1.165) is 0 Å². The summed E-state index contributed by atoms with van der Waals surface area (Å²) in [4.78, 5) is 30.7. The van der Waals surface area contributed by atoms with E-state index in [-0.39, 0.29) is 11.0 Å². The van der Waals surface area contributed by atoms with Crippen molar-refractivity contribution >= 4 is 22.0 Å². The summed E-state index contributed by atoms with van der Waals surface area (Å²) in [5, 5.41) is 0.398. The van der Waals surface area contributed by atoms with Gasteiger partial charge in [0.1, 0.15) is 5.76 Å². The van der Waals surface area contributed by atoms with Gasteiger partial charge < -0.3 is 18.9 Å². The summed E-state index contributed by atoms with van der Waals surface area (Å²) in [6.45, 7) is 0. The highest BCUT2D eigenvalue weighted by Crippen LogP contribution is 2.36. The number of rotatable bonds is 3. The first-order valence-electron chi connectivity index (χ1n) is 7.79. The van der Waals surface area contributed by atoms with E-state index >= 15 is 0 Å². The quantitative estimate of drug-likeness (QED) is 0.610. The van der Waals surface area contributed by atoms with Gasteiger partial charge in [0.25, 0.3) is 5.56 Å². The van der Waals surface area contributed by atoms with Crippen molar-refractivity contribution in [3.05, 3.63) is 63.2 Å². The number of H-pyrrole nitrogens is 1. The molecule has 0 spiro atoms. The summed E-state index contributed by atoms with van der Waals surface area (Å²) in [7, 11) is 3.00. The van der Waals surface area contributed by atoms with Gasteiger partial charge in [0, 0.05) is 11.6 Å². The van der Waals surface area contributed by atoms with Crippen LogP contribution in [0.4, 0.5) is 0 Å². The van der Waals surface area contributed by atoms with E-state index < -0.39 is 0 Å². The fourth-order valence-electron chi connectivity index (χ4n) is 2.86. The van der Waals surface area contributed by atoms with E-state index in [1.165, 1.54) is 26.5 Å². The Bertz CT molecular complexity index is 1260. The Morgan fingerprint density at radius 1 is 1.04 bits per heavy atom. The Morgan fingerprint density at radius 2 is 1.88 bits per heavy atom. The molecular weight excluding hydrogens is 336 g/mol. The van der Waals surface area contributed by atoms with Gasteiger partial charge in [-0.05, 0) is 30.3 Å². The molecule has 0 aliphatic heterocycles. The Balaban J connectivity index is 1.98. The molecular formula is C19H14N2O5. The number of nitrogens with one attached hydrogen (secondary N) is 1. The van der Waals surface area contributed by atoms with Crippen LogP contribution in [-0.2, 0) is 0 Å². The lowest BCUT2D eigenvalue weighted by molar-refractivity contribution is 0.353. The third-order valence-electron chi connectivity index (χ3n) is 4.10. The molecule has 7 nitrogen and oxygen atoms in total. The zero-order chi connectivity index (χ0) is 18.3. The number of hydrogen-bond acceptors (Lipinski definition) is 6. The van der Waals surface area contributed by atoms with E-state index in [2.05, 4.69) is 9.97 Å². The molecule has 0 radical (unpaired) electrons. The minimum atomic E-state index is -0.278. The average molecular weight is 350 g/mol. The molecule has 130 valence electrons. The highest BCUT2D eigenvalue weighted by molar-refractivity contribution is 5.87. The zero-order valence-corrected chi connectivity index (χ0v) is 14.0. The molecule has 7 heteroatoms. The number of nitrogens with zero attached hydrogens (tertiary/aromatic N) is 1. The summed E-state index contributed by atoms with van der Waals surface area (Å²) in [5.41, 5.74) is 1.67. The fraction of sp³-hybridized carbons (Fsp3) is 0.105. The van der Waals surface area contributed by atoms with E-state index in [4.69, 9.17) is 13.9 Å². The van der Waals surface area contributed by atoms with Gasteiger partial charge in [-0.1, -0.05) is 0 Å². The van der Waals surface area contributed by atoms with Crippen molar-refractivity contribution in [1.29, 1.82) is 0 Å². The molecule has 0 bridgehead atoms. The standard InChI is InChI=1S/C19H14N2O5/c1-24-15-6-4-11-14(22)8-16(26-18(11)19(15)25-2)10-3-5-12-13(7-10)20-9-17(23)21-12/h3-9H,1-2H3,(H,21,23). The van der Waals surface area contributed by atoms with Crippen LogP contribution < -0.4 is 20.5 Å². The third-order valence-corrected chi connectivity index (χ3v) is 4.10. The molecule has 2 heterocycles. The van der Waals surface area contributed by atoms with Crippen LogP contribution in [0.25, 0.3) is 33.3 Å². The highest BCUT2D eigenvalue weighted by atomic mass is 16.5. The lowest BCUT2D eigenvalue weighted by Gasteiger charge is -2.10. The SMILES string of the molecule is COc1ccc2c(=O)cc(-c3ccc4[nH]c(=O)cnc4c3)oc2c1OC. The largest absolute Gasteiger partial charge is 0.493 e. The maximum absolute atomic E-state index is 12.5. The van der Waals surface area contributed by atoms with Crippen LogP contribution in [0, 0.1) is 0 Å². The third kappa shape index (κ3) is 2.50. The van der Waals surface area contributed by atoms with Crippen LogP contribution in [0.2, 0.25) is 0 Å². The highest BCUT2D eigenvalue weighted by Gasteiger charge is 2.15. The maximum atomic E-state index is 12.5. The molecule has 0 amide bonds. The molecule has 0 aliphatic carbocycles. The summed E-state index contributed by atoms with van der Waals surface area (Å²) < 4.78 is 16.6. The van der Waals surface area contributed by atoms with Crippen molar-refractivity contribution in [1.82, 2.24) is 9.97 Å². The zero-order valence-electron chi connectivity index (χ0n) is 14.0. The van der Waals surface area contributed by atoms with Gasteiger partial charge in [-0.15, -0.1) is 0 Å². The van der Waals surface area contributed by atoms with Crippen molar-refractivity contribution in [3.63, 3.8) is 0 Å². The average Bonchev–Trinajstić information content (AvgIpc) is 2.66. The summed E-state index contributed by atoms with van der Waals surface area (Å²) in [6, 6.07) is 9.92. The predicted molar refractivity (Wildman–Crippen MR) is 96.9 cm³/mol. The first-order chi connectivity index (χ1) is 12.6. The molecule has 4 rings (SSSR count). The minimum Gasteiger partial charge on any atom is -0.493 e. The second-order valence-corrected chi connectivity index (χ2v) is 5.63. The van der Waals surface area contributed by atoms with Crippen LogP contribution >= 0.6 is 0 Å². The number of aromatic amines is 1. The van der Waals surface area contributed by atoms with Crippen LogP contribution in [0.1, 0.15) is 0 Å². The van der Waals surface area contributed by atoms with Crippen LogP contribution in [0.3, 0.4) is 0 Å². The molecule has 0 saturated heterocycles. The van der Waals surface area contributed by atoms with Gasteiger partial charge in [-0.3, -0.25) is 9.59 Å². The normalized spacial score (nSPS) is 11.0. The van der Waals surface area contributed by atoms with Crippen molar-refractivity contribution in [3.8, 4) is 22.8 Å². The van der Waals surface area contributed by atoms with E-state index in [9.17, 15) is 9.59 Å². The lowest BCUT2D eigenvalue weighted by atomic mass is 10.1. The van der Waals surface area contributed by atoms with Gasteiger partial charge in [-0.2, -0.15) is 0 Å². The molecule has 26 heavy (non-hydrogen) atoms. The van der Waals surface area contributed by atoms with E-state index in [1.807, 2.05) is 0 Å². The number of aromatic nitrogens is 2. The van der Waals surface area contributed by atoms with Crippen molar-refractivity contribution in [2.75, 3.05) is 14.2 Å². The summed E-state index contributed by atoms with van der Waals surface area (Å²) in [6.07, 6.45) is 1.20. The first-order valence-corrected chi connectivity index (χ1v) is 7.79. The minimum absolute atomic E-state index is 0.197. The molecule has 0 aliphatic rings. The monoisotopic (exact) mass is 350 g/mol. The van der Waals surface area contributed by atoms with Gasteiger partial charge >= 0.3 is 0 Å². The smallest absolute Gasteiger partial charge is 0.266 e. The molecule has 0 atom stereocenters. The van der Waals surface area contributed by atoms with Crippen LogP contribution in [-0.4, -0.2) is 24.2 Å². The lowest BCUT2D eigenvalue weighted by Crippen LogP contribution is -2.05. The topological polar surface area (TPSA) is 94.4 Å². The molecule has 1 N–H and O–H groups in total. The Morgan fingerprint density at radius 3 is 2.65 bits per heavy atom. The van der Waals surface area contributed by atoms with Crippen LogP contribution in [0.15, 0.2) is 56.6 Å². The Kier molecular flexibility index (Phi) is 3.69. The van der Waals surface area contributed by atoms with Gasteiger partial charge in [0.15, 0.2) is 16.8 Å². The van der Waals surface area contributed by atoms with Gasteiger partial charge in [0.2, 0.25) is 5.75 Å². The van der Waals surface area contributed by atoms with Gasteiger partial charge in [-0.25, -0.2) is 4.98 Å². The number of hydrogen-bond donors (Lipinski definition) is 1. The number of benzene rings is 2. The molecule has 2 aromatic carbocycles. The Labute approximate surface area is 146 Å². The molecule has 0 unspecified atom stereocenters. The number of ether oxygens (including phenoxy) is 2. The summed E-state index contributed by atoms with van der Waals surface area (Å²) >= 11 is 0. The van der Waals surface area contributed by atoms with Crippen molar-refractivity contribution in [2.45, 2.75) is 0 Å². The summed E-state index contributed by atoms with van der Waals surface area (Å²) in [5.74, 6) is 1.19. The predicted octanol–water partition coefficient (Wildman–Crippen LogP) is 2.71. The number of methoxy groups -OCH3 is 2. The van der Waals surface area contributed by atoms with Crippen molar-refractivity contribution < 1.29 is 13.9 Å². The Hall–Kier alpha value is -3.61. The second kappa shape index (κ2) is 6.03.